The van der Waals surface area contributed by atoms with Gasteiger partial charge in [0, 0.05) is 37.3 Å². The molecule has 4 aliphatic heterocycles. The van der Waals surface area contributed by atoms with Crippen molar-refractivity contribution in [2.75, 3.05) is 34.5 Å². The molecule has 4 aliphatic rings. The minimum atomic E-state index is -0.929. The Hall–Kier alpha value is -5.47. The third-order valence-corrected chi connectivity index (χ3v) is 14.6. The number of methoxy groups -OCH3 is 3. The van der Waals surface area contributed by atoms with Gasteiger partial charge in [0.15, 0.2) is 0 Å². The van der Waals surface area contributed by atoms with E-state index in [1.165, 1.54) is 21.3 Å². The number of hydrogen-bond acceptors (Lipinski definition) is 11. The number of alkyl carbamates (subject to hydrolysis) is 2. The average Bonchev–Trinajstić information content (AvgIpc) is 4.14. The van der Waals surface area contributed by atoms with E-state index in [0.29, 0.717) is 50.7 Å². The molecule has 3 fully saturated rings. The maximum absolute atomic E-state index is 14.4. The summed E-state index contributed by atoms with van der Waals surface area (Å²) < 4.78 is 27.1. The van der Waals surface area contributed by atoms with Crippen LogP contribution in [0, 0.1) is 5.92 Å². The van der Waals surface area contributed by atoms with Crippen LogP contribution in [0.3, 0.4) is 0 Å². The number of aromatic amines is 2. The highest BCUT2D eigenvalue weighted by Crippen LogP contribution is 2.45. The zero-order valence-corrected chi connectivity index (χ0v) is 38.6. The van der Waals surface area contributed by atoms with Crippen molar-refractivity contribution >= 4 is 68.4 Å². The number of nitrogens with zero attached hydrogens (tertiary/aromatic N) is 4. The van der Waals surface area contributed by atoms with Crippen molar-refractivity contribution in [2.24, 2.45) is 5.92 Å². The van der Waals surface area contributed by atoms with Crippen molar-refractivity contribution in [1.82, 2.24) is 40.4 Å². The van der Waals surface area contributed by atoms with Gasteiger partial charge in [-0.05, 0) is 105 Å². The summed E-state index contributed by atoms with van der Waals surface area (Å²) in [6.45, 7) is 5.19. The van der Waals surface area contributed by atoms with Gasteiger partial charge in [0.05, 0.1) is 59.4 Å². The molecule has 0 spiro atoms. The molecular formula is C46H53IN8O9. The Kier molecular flexibility index (Phi) is 12.4. The number of H-pyrrole nitrogens is 2. The molecule has 9 rings (SSSR count). The third kappa shape index (κ3) is 8.12. The Morgan fingerprint density at radius 1 is 0.844 bits per heavy atom. The number of fused-ring (bicyclic) bond motifs is 6. The van der Waals surface area contributed by atoms with Gasteiger partial charge in [0.2, 0.25) is 11.8 Å². The highest BCUT2D eigenvalue weighted by atomic mass is 127. The Balaban J connectivity index is 0.963. The van der Waals surface area contributed by atoms with E-state index in [0.717, 1.165) is 74.8 Å². The highest BCUT2D eigenvalue weighted by molar-refractivity contribution is 14.1. The molecule has 3 aromatic carbocycles. The summed E-state index contributed by atoms with van der Waals surface area (Å²) in [6, 6.07) is 12.3. The van der Waals surface area contributed by atoms with E-state index in [1.54, 1.807) is 18.0 Å². The molecule has 0 unspecified atom stereocenters. The molecule has 3 saturated heterocycles. The summed E-state index contributed by atoms with van der Waals surface area (Å²) in [5, 5.41) is 7.45. The number of carbonyl (C=O) groups excluding carboxylic acids is 4. The lowest BCUT2D eigenvalue weighted by Gasteiger charge is -2.35. The first kappa shape index (κ1) is 43.8. The van der Waals surface area contributed by atoms with Gasteiger partial charge in [-0.3, -0.25) is 9.59 Å². The number of benzene rings is 3. The molecule has 4 amide bonds. The van der Waals surface area contributed by atoms with E-state index in [-0.39, 0.29) is 39.9 Å². The van der Waals surface area contributed by atoms with Crippen LogP contribution in [0.15, 0.2) is 48.7 Å². The molecule has 338 valence electrons. The fourth-order valence-corrected chi connectivity index (χ4v) is 10.9. The van der Waals surface area contributed by atoms with Gasteiger partial charge in [-0.1, -0.05) is 40.8 Å². The second-order valence-corrected chi connectivity index (χ2v) is 18.5. The van der Waals surface area contributed by atoms with Crippen molar-refractivity contribution in [3.63, 3.8) is 0 Å². The molecule has 5 aromatic rings. The fraction of sp³-hybridized carbons (Fsp3) is 0.478. The lowest BCUT2D eigenvalue weighted by atomic mass is 9.90. The number of rotatable bonds is 10. The molecule has 64 heavy (non-hydrogen) atoms. The zero-order valence-electron chi connectivity index (χ0n) is 36.4. The predicted molar refractivity (Wildman–Crippen MR) is 245 cm³/mol. The van der Waals surface area contributed by atoms with Crippen LogP contribution in [0.25, 0.3) is 44.2 Å². The van der Waals surface area contributed by atoms with E-state index in [4.69, 9.17) is 33.7 Å². The second kappa shape index (κ2) is 18.2. The number of nitrogens with one attached hydrogen (secondary N) is 4. The van der Waals surface area contributed by atoms with Gasteiger partial charge in [-0.25, -0.2) is 19.6 Å². The second-order valence-electron chi connectivity index (χ2n) is 17.1. The van der Waals surface area contributed by atoms with Gasteiger partial charge >= 0.3 is 12.2 Å². The first-order chi connectivity index (χ1) is 31.0. The number of imidazole rings is 2. The Morgan fingerprint density at radius 3 is 2.36 bits per heavy atom. The van der Waals surface area contributed by atoms with Crippen molar-refractivity contribution < 1.29 is 42.9 Å². The van der Waals surface area contributed by atoms with Crippen molar-refractivity contribution in [1.29, 1.82) is 0 Å². The van der Waals surface area contributed by atoms with E-state index in [9.17, 15) is 19.2 Å². The van der Waals surface area contributed by atoms with Crippen LogP contribution in [0.5, 0.6) is 5.75 Å². The number of alkyl halides is 1. The molecule has 0 bridgehead atoms. The molecule has 17 nitrogen and oxygen atoms in total. The topological polar surface area (TPSA) is 202 Å². The molecule has 4 N–H and O–H groups in total. The van der Waals surface area contributed by atoms with Crippen LogP contribution < -0.4 is 15.4 Å². The minimum absolute atomic E-state index is 0.0640. The van der Waals surface area contributed by atoms with E-state index < -0.39 is 30.4 Å². The summed E-state index contributed by atoms with van der Waals surface area (Å²) >= 11 is 2.32. The number of amides is 4. The lowest BCUT2D eigenvalue weighted by molar-refractivity contribution is -0.139. The van der Waals surface area contributed by atoms with E-state index in [1.807, 2.05) is 17.9 Å². The van der Waals surface area contributed by atoms with Crippen LogP contribution in [0.4, 0.5) is 9.59 Å². The molecule has 7 atom stereocenters. The van der Waals surface area contributed by atoms with E-state index in [2.05, 4.69) is 79.6 Å². The molecule has 18 heteroatoms. The third-order valence-electron chi connectivity index (χ3n) is 13.4. The SMILES string of the molecule is COC(=O)N[C@H](C(=O)N1[C@@H](I)CC[C@H]1c1nc2c(ccc3cc4c(cc32)OCc2cc(-c3cnc([C@@H]5CC[C@H](C)N5C(=O)[C@@H](NC(=O)OC)[C@@H](C)OC)[nH]3)ccc2-4)[nH]1)C1CCOCC1. The Labute approximate surface area is 383 Å². The maximum atomic E-state index is 14.4. The predicted octanol–water partition coefficient (Wildman–Crippen LogP) is 7.05. The first-order valence-corrected chi connectivity index (χ1v) is 23.1. The number of halogens is 1. The number of hydrogen-bond donors (Lipinski definition) is 4. The smallest absolute Gasteiger partial charge is 0.407 e. The van der Waals surface area contributed by atoms with Crippen LogP contribution in [-0.4, -0.2) is 117 Å². The van der Waals surface area contributed by atoms with Crippen molar-refractivity contribution in [3.8, 4) is 28.1 Å². The van der Waals surface area contributed by atoms with Crippen LogP contribution in [0.2, 0.25) is 0 Å². The molecule has 2 aromatic heterocycles. The van der Waals surface area contributed by atoms with Crippen molar-refractivity contribution in [2.45, 2.75) is 99.3 Å². The average molecular weight is 989 g/mol. The molecule has 0 aliphatic carbocycles. The van der Waals surface area contributed by atoms with Crippen LogP contribution >= 0.6 is 22.6 Å². The van der Waals surface area contributed by atoms with Gasteiger partial charge in [-0.15, -0.1) is 0 Å². The lowest BCUT2D eigenvalue weighted by Crippen LogP contribution is -2.55. The van der Waals surface area contributed by atoms with Crippen LogP contribution in [-0.2, 0) is 35.1 Å². The fourth-order valence-electron chi connectivity index (χ4n) is 9.88. The number of likely N-dealkylation sites (tertiary alicyclic amines) is 2. The summed E-state index contributed by atoms with van der Waals surface area (Å²) in [6.07, 6.45) is 4.25. The van der Waals surface area contributed by atoms with Gasteiger partial charge in [0.1, 0.15) is 36.1 Å². The zero-order chi connectivity index (χ0) is 44.8. The van der Waals surface area contributed by atoms with Gasteiger partial charge in [-0.2, -0.15) is 0 Å². The number of carbonyl (C=O) groups is 4. The summed E-state index contributed by atoms with van der Waals surface area (Å²) in [4.78, 5) is 73.6. The molecule has 0 radical (unpaired) electrons. The first-order valence-electron chi connectivity index (χ1n) is 21.8. The standard InChI is InChI=1S/C46H53IN8O9/c1-23-6-11-34(54(23)43(56)38(24(2)60-3)52-45(58)61-4)41-48-21-33(50-41)27-7-9-29-28(18-27)22-64-36-20-30-26(19-31(29)36)8-10-32-40(30)51-42(49-32)35-12-13-37(47)55(35)44(57)39(53-46(59)62-5)25-14-16-63-17-15-25/h7-10,18-21,23-25,34-35,37-39H,6,11-17,22H2,1-5H3,(H,48,50)(H,49,51)(H,52,58)(H,53,59)/t23-,24+,34-,35-,37+,38-,39-/m0/s1. The molecule has 0 saturated carbocycles. The quantitative estimate of drug-likeness (QED) is 0.0635. The number of aromatic nitrogens is 4. The van der Waals surface area contributed by atoms with Gasteiger partial charge in [0.25, 0.3) is 0 Å². The Morgan fingerprint density at radius 2 is 1.59 bits per heavy atom. The van der Waals surface area contributed by atoms with E-state index >= 15 is 0 Å². The summed E-state index contributed by atoms with van der Waals surface area (Å²) in [7, 11) is 4.07. The number of ether oxygens (including phenoxy) is 5. The highest BCUT2D eigenvalue weighted by Gasteiger charge is 2.45. The van der Waals surface area contributed by atoms with Gasteiger partial charge < -0.3 is 54.1 Å². The summed E-state index contributed by atoms with van der Waals surface area (Å²) in [5.41, 5.74) is 6.49. The summed E-state index contributed by atoms with van der Waals surface area (Å²) in [5.74, 6) is 1.68. The van der Waals surface area contributed by atoms with Crippen molar-refractivity contribution in [3.05, 3.63) is 65.9 Å². The largest absolute Gasteiger partial charge is 0.488 e. The van der Waals surface area contributed by atoms with Crippen LogP contribution in [0.1, 0.15) is 81.7 Å². The minimum Gasteiger partial charge on any atom is -0.488 e. The monoisotopic (exact) mass is 988 g/mol. The Bertz CT molecular complexity index is 2590. The molecule has 6 heterocycles. The maximum Gasteiger partial charge on any atom is 0.407 e. The molecular weight excluding hydrogens is 935 g/mol. The normalized spacial score (nSPS) is 22.3.